The molecule has 0 bridgehead atoms. The first-order chi connectivity index (χ1) is 7.75. The third kappa shape index (κ3) is 8.70. The Morgan fingerprint density at radius 1 is 1.12 bits per heavy atom. The molecule has 7 heteroatoms. The van der Waals surface area contributed by atoms with Crippen LogP contribution in [0.4, 0.5) is 17.3 Å². The zero-order valence-electron chi connectivity index (χ0n) is 9.58. The van der Waals surface area contributed by atoms with Gasteiger partial charge >= 0.3 is 7.25 Å². The van der Waals surface area contributed by atoms with Crippen LogP contribution in [0.15, 0.2) is 30.3 Å². The molecule has 2 N–H and O–H groups in total. The Morgan fingerprint density at radius 3 is 1.88 bits per heavy atom. The second-order valence-electron chi connectivity index (χ2n) is 3.43. The average molecular weight is 252 g/mol. The van der Waals surface area contributed by atoms with Gasteiger partial charge in [0, 0.05) is 6.04 Å². The van der Waals surface area contributed by atoms with E-state index in [1.165, 1.54) is 0 Å². The molecule has 0 amide bonds. The van der Waals surface area contributed by atoms with Crippen molar-refractivity contribution in [2.45, 2.75) is 19.1 Å². The number of likely N-dealkylation sites (N-methyl/N-ethyl adjacent to an activating group) is 1. The van der Waals surface area contributed by atoms with Crippen molar-refractivity contribution in [3.05, 3.63) is 35.9 Å². The third-order valence-electron chi connectivity index (χ3n) is 2.07. The highest BCUT2D eigenvalue weighted by atomic mass is 19.5. The van der Waals surface area contributed by atoms with Crippen molar-refractivity contribution in [2.75, 3.05) is 7.05 Å². The molecule has 0 unspecified atom stereocenters. The number of hydrogen-bond donors (Lipinski definition) is 2. The Morgan fingerprint density at radius 2 is 1.53 bits per heavy atom. The summed E-state index contributed by atoms with van der Waals surface area (Å²) < 4.78 is 39.0. The van der Waals surface area contributed by atoms with E-state index in [0.717, 1.165) is 5.56 Å². The van der Waals surface area contributed by atoms with E-state index < -0.39 is 13.4 Å². The van der Waals surface area contributed by atoms with Crippen molar-refractivity contribution in [3.63, 3.8) is 0 Å². The van der Waals surface area contributed by atoms with Gasteiger partial charge in [0.05, 0.1) is 6.10 Å². The van der Waals surface area contributed by atoms with Gasteiger partial charge < -0.3 is 27.7 Å². The Labute approximate surface area is 97.8 Å². The summed E-state index contributed by atoms with van der Waals surface area (Å²) in [6, 6.07) is 9.76. The Bertz CT molecular complexity index is 301. The Kier molecular flexibility index (Phi) is 6.83. The molecule has 98 valence electrons. The van der Waals surface area contributed by atoms with Gasteiger partial charge in [-0.25, -0.2) is 0 Å². The Hall–Kier alpha value is -1.08. The maximum absolute atomic E-state index is 9.75. The summed E-state index contributed by atoms with van der Waals surface area (Å²) in [4.78, 5) is 0. The van der Waals surface area contributed by atoms with Crippen molar-refractivity contribution in [3.8, 4) is 0 Å². The van der Waals surface area contributed by atoms with Crippen molar-refractivity contribution in [1.29, 1.82) is 0 Å². The summed E-state index contributed by atoms with van der Waals surface area (Å²) in [7, 11) is -4.16. The first kappa shape index (κ1) is 15.9. The molecule has 17 heavy (non-hydrogen) atoms. The molecule has 2 atom stereocenters. The van der Waals surface area contributed by atoms with Crippen LogP contribution in [-0.4, -0.2) is 25.5 Å². The quantitative estimate of drug-likeness (QED) is 0.640. The molecule has 2 nitrogen and oxygen atoms in total. The number of aliphatic hydroxyl groups is 1. The predicted octanol–water partition coefficient (Wildman–Crippen LogP) is 2.63. The minimum absolute atomic E-state index is 0.0902. The third-order valence-corrected chi connectivity index (χ3v) is 2.07. The maximum Gasteiger partial charge on any atom is 0.673 e. The van der Waals surface area contributed by atoms with E-state index in [-0.39, 0.29) is 6.04 Å². The zero-order chi connectivity index (χ0) is 13.5. The van der Waals surface area contributed by atoms with Gasteiger partial charge in [-0.3, -0.25) is 0 Å². The summed E-state index contributed by atoms with van der Waals surface area (Å²) in [5, 5.41) is 12.7. The number of benzene rings is 1. The van der Waals surface area contributed by atoms with E-state index in [1.807, 2.05) is 44.3 Å². The molecule has 1 aromatic rings. The summed E-state index contributed by atoms with van der Waals surface area (Å²) >= 11 is 0. The molecular weight excluding hydrogens is 237 g/mol. The topological polar surface area (TPSA) is 32.3 Å². The lowest BCUT2D eigenvalue weighted by molar-refractivity contribution is 0.140. The lowest BCUT2D eigenvalue weighted by Crippen LogP contribution is -2.28. The van der Waals surface area contributed by atoms with E-state index in [0.29, 0.717) is 0 Å². The van der Waals surface area contributed by atoms with Gasteiger partial charge in [0.25, 0.3) is 0 Å². The fraction of sp³-hybridized carbons (Fsp3) is 0.400. The molecule has 0 radical (unpaired) electrons. The largest absolute Gasteiger partial charge is 0.673 e. The first-order valence-electron chi connectivity index (χ1n) is 5.03. The van der Waals surface area contributed by atoms with Crippen LogP contribution < -0.4 is 5.32 Å². The van der Waals surface area contributed by atoms with Crippen molar-refractivity contribution < 1.29 is 22.4 Å². The molecule has 0 saturated carbocycles. The van der Waals surface area contributed by atoms with Gasteiger partial charge in [0.1, 0.15) is 0 Å². The summed E-state index contributed by atoms with van der Waals surface area (Å²) in [5.41, 5.74) is 0.958. The zero-order valence-corrected chi connectivity index (χ0v) is 9.58. The average Bonchev–Trinajstić information content (AvgIpc) is 2.26. The SMILES string of the molecule is CN[C@@H](C)[C@H](O)c1ccccc1.F[B-](F)(F)F. The van der Waals surface area contributed by atoms with Crippen LogP contribution in [-0.2, 0) is 0 Å². The van der Waals surface area contributed by atoms with E-state index in [9.17, 15) is 22.4 Å². The number of nitrogens with one attached hydrogen (secondary N) is 1. The number of aliphatic hydroxyl groups excluding tert-OH is 1. The molecule has 0 heterocycles. The monoisotopic (exact) mass is 252 g/mol. The summed E-state index contributed by atoms with van der Waals surface area (Å²) in [5.74, 6) is 0. The van der Waals surface area contributed by atoms with E-state index in [4.69, 9.17) is 0 Å². The van der Waals surface area contributed by atoms with E-state index in [2.05, 4.69) is 5.32 Å². The number of rotatable bonds is 3. The normalized spacial score (nSPS) is 14.5. The van der Waals surface area contributed by atoms with Crippen LogP contribution in [0.2, 0.25) is 0 Å². The molecule has 0 aliphatic rings. The van der Waals surface area contributed by atoms with Gasteiger partial charge in [-0.2, -0.15) is 0 Å². The summed E-state index contributed by atoms with van der Waals surface area (Å²) in [6.07, 6.45) is -0.420. The van der Waals surface area contributed by atoms with Crippen LogP contribution in [0.1, 0.15) is 18.6 Å². The molecule has 0 aromatic heterocycles. The molecule has 0 aliphatic carbocycles. The molecule has 0 spiro atoms. The minimum Gasteiger partial charge on any atom is -0.418 e. The van der Waals surface area contributed by atoms with Gasteiger partial charge in [0.2, 0.25) is 0 Å². The standard InChI is InChI=1S/C10H15NO.BF4/c1-8(11-2)10(12)9-6-4-3-5-7-9;2-1(3,4)5/h3-8,10-12H,1-2H3;/q;-1/t8-,10-;/m0./s1. The number of hydrogen-bond acceptors (Lipinski definition) is 2. The van der Waals surface area contributed by atoms with Gasteiger partial charge in [-0.05, 0) is 19.5 Å². The van der Waals surface area contributed by atoms with Crippen LogP contribution in [0.5, 0.6) is 0 Å². The van der Waals surface area contributed by atoms with Crippen molar-refractivity contribution in [2.24, 2.45) is 0 Å². The fourth-order valence-electron chi connectivity index (χ4n) is 1.10. The lowest BCUT2D eigenvalue weighted by atomic mass is 10.0. The highest BCUT2D eigenvalue weighted by Gasteiger charge is 2.20. The van der Waals surface area contributed by atoms with Crippen molar-refractivity contribution >= 4 is 7.25 Å². The molecular formula is C10H15BF4NO-. The van der Waals surface area contributed by atoms with Crippen LogP contribution in [0.25, 0.3) is 0 Å². The van der Waals surface area contributed by atoms with E-state index >= 15 is 0 Å². The smallest absolute Gasteiger partial charge is 0.418 e. The first-order valence-corrected chi connectivity index (χ1v) is 5.03. The van der Waals surface area contributed by atoms with Crippen LogP contribution >= 0.6 is 0 Å². The fourth-order valence-corrected chi connectivity index (χ4v) is 1.10. The predicted molar refractivity (Wildman–Crippen MR) is 60.1 cm³/mol. The van der Waals surface area contributed by atoms with Crippen molar-refractivity contribution in [1.82, 2.24) is 5.32 Å². The van der Waals surface area contributed by atoms with Gasteiger partial charge in [-0.1, -0.05) is 30.3 Å². The molecule has 0 fully saturated rings. The molecule has 0 aliphatic heterocycles. The second kappa shape index (κ2) is 7.29. The number of halogens is 4. The van der Waals surface area contributed by atoms with Crippen LogP contribution in [0.3, 0.4) is 0 Å². The van der Waals surface area contributed by atoms with E-state index in [1.54, 1.807) is 0 Å². The second-order valence-corrected chi connectivity index (χ2v) is 3.43. The van der Waals surface area contributed by atoms with Crippen LogP contribution in [0, 0.1) is 0 Å². The van der Waals surface area contributed by atoms with Gasteiger partial charge in [0.15, 0.2) is 0 Å². The molecule has 1 aromatic carbocycles. The highest BCUT2D eigenvalue weighted by Crippen LogP contribution is 2.15. The lowest BCUT2D eigenvalue weighted by Gasteiger charge is -2.17. The van der Waals surface area contributed by atoms with Gasteiger partial charge in [-0.15, -0.1) is 0 Å². The highest BCUT2D eigenvalue weighted by molar-refractivity contribution is 6.50. The maximum atomic E-state index is 9.75. The summed E-state index contributed by atoms with van der Waals surface area (Å²) in [6.45, 7) is 1.96. The minimum atomic E-state index is -6.00. The molecule has 0 saturated heterocycles. The molecule has 1 rings (SSSR count). The Balaban J connectivity index is 0.000000437.